The Balaban J connectivity index is 2.16. The Kier molecular flexibility index (Phi) is 2.80. The van der Waals surface area contributed by atoms with Gasteiger partial charge in [-0.2, -0.15) is 4.98 Å². The van der Waals surface area contributed by atoms with Crippen LogP contribution in [0.5, 0.6) is 0 Å². The second-order valence-electron chi connectivity index (χ2n) is 4.68. The summed E-state index contributed by atoms with van der Waals surface area (Å²) in [7, 11) is 0. The van der Waals surface area contributed by atoms with Crippen molar-refractivity contribution in [3.63, 3.8) is 0 Å². The molecule has 4 nitrogen and oxygen atoms in total. The topological polar surface area (TPSA) is 64.9 Å². The fourth-order valence-corrected chi connectivity index (χ4v) is 2.15. The van der Waals surface area contributed by atoms with Gasteiger partial charge in [-0.1, -0.05) is 23.8 Å². The van der Waals surface area contributed by atoms with Crippen LogP contribution in [0.15, 0.2) is 34.9 Å². The second kappa shape index (κ2) is 4.48. The average molecular weight is 253 g/mol. The van der Waals surface area contributed by atoms with Crippen LogP contribution in [0.2, 0.25) is 0 Å². The SMILES string of the molecule is Cc1ccc(C)c(-c2cnc3nc(CN)oc3c2)c1. The van der Waals surface area contributed by atoms with Crippen molar-refractivity contribution < 1.29 is 4.42 Å². The van der Waals surface area contributed by atoms with Crippen molar-refractivity contribution in [3.8, 4) is 11.1 Å². The number of hydrogen-bond donors (Lipinski definition) is 1. The molecule has 0 atom stereocenters. The average Bonchev–Trinajstić information content (AvgIpc) is 2.83. The summed E-state index contributed by atoms with van der Waals surface area (Å²) in [6.45, 7) is 4.45. The number of nitrogens with two attached hydrogens (primary N) is 1. The number of aryl methyl sites for hydroxylation is 2. The predicted octanol–water partition coefficient (Wildman–Crippen LogP) is 2.97. The van der Waals surface area contributed by atoms with Gasteiger partial charge in [0, 0.05) is 11.8 Å². The minimum absolute atomic E-state index is 0.287. The van der Waals surface area contributed by atoms with Crippen LogP contribution >= 0.6 is 0 Å². The lowest BCUT2D eigenvalue weighted by Gasteiger charge is -2.06. The van der Waals surface area contributed by atoms with Crippen molar-refractivity contribution >= 4 is 11.2 Å². The molecule has 0 spiro atoms. The molecule has 0 bridgehead atoms. The van der Waals surface area contributed by atoms with Crippen LogP contribution < -0.4 is 5.73 Å². The second-order valence-corrected chi connectivity index (χ2v) is 4.68. The highest BCUT2D eigenvalue weighted by atomic mass is 16.3. The normalized spacial score (nSPS) is 11.1. The Hall–Kier alpha value is -2.20. The van der Waals surface area contributed by atoms with Gasteiger partial charge < -0.3 is 10.2 Å². The van der Waals surface area contributed by atoms with E-state index < -0.39 is 0 Å². The van der Waals surface area contributed by atoms with Gasteiger partial charge in [0.25, 0.3) is 0 Å². The third-order valence-corrected chi connectivity index (χ3v) is 3.17. The van der Waals surface area contributed by atoms with E-state index in [-0.39, 0.29) is 6.54 Å². The summed E-state index contributed by atoms with van der Waals surface area (Å²) in [4.78, 5) is 8.54. The Labute approximate surface area is 111 Å². The van der Waals surface area contributed by atoms with Gasteiger partial charge in [-0.15, -0.1) is 0 Å². The highest BCUT2D eigenvalue weighted by molar-refractivity contribution is 5.77. The van der Waals surface area contributed by atoms with Crippen LogP contribution in [0.4, 0.5) is 0 Å². The van der Waals surface area contributed by atoms with E-state index in [1.807, 2.05) is 12.3 Å². The lowest BCUT2D eigenvalue weighted by atomic mass is 10.00. The molecule has 0 aliphatic heterocycles. The van der Waals surface area contributed by atoms with Gasteiger partial charge in [-0.05, 0) is 31.0 Å². The van der Waals surface area contributed by atoms with E-state index >= 15 is 0 Å². The van der Waals surface area contributed by atoms with Crippen LogP contribution in [-0.4, -0.2) is 9.97 Å². The predicted molar refractivity (Wildman–Crippen MR) is 74.6 cm³/mol. The van der Waals surface area contributed by atoms with Gasteiger partial charge in [0.05, 0.1) is 6.54 Å². The maximum absolute atomic E-state index is 5.55. The van der Waals surface area contributed by atoms with Gasteiger partial charge >= 0.3 is 0 Å². The minimum atomic E-state index is 0.287. The van der Waals surface area contributed by atoms with E-state index in [9.17, 15) is 0 Å². The van der Waals surface area contributed by atoms with Gasteiger partial charge in [-0.25, -0.2) is 4.98 Å². The fourth-order valence-electron chi connectivity index (χ4n) is 2.15. The molecule has 0 saturated heterocycles. The van der Waals surface area contributed by atoms with E-state index in [1.54, 1.807) is 0 Å². The Morgan fingerprint density at radius 2 is 2.05 bits per heavy atom. The zero-order valence-electron chi connectivity index (χ0n) is 11.0. The molecule has 3 rings (SSSR count). The number of nitrogens with zero attached hydrogens (tertiary/aromatic N) is 2. The van der Waals surface area contributed by atoms with Gasteiger partial charge in [0.1, 0.15) is 0 Å². The smallest absolute Gasteiger partial charge is 0.210 e. The van der Waals surface area contributed by atoms with Crippen LogP contribution in [0.1, 0.15) is 17.0 Å². The fraction of sp³-hybridized carbons (Fsp3) is 0.200. The summed E-state index contributed by atoms with van der Waals surface area (Å²) >= 11 is 0. The van der Waals surface area contributed by atoms with Crippen LogP contribution in [-0.2, 0) is 6.54 Å². The zero-order chi connectivity index (χ0) is 13.4. The lowest BCUT2D eigenvalue weighted by Crippen LogP contribution is -1.95. The molecule has 2 heterocycles. The van der Waals surface area contributed by atoms with E-state index in [0.717, 1.165) is 5.56 Å². The Morgan fingerprint density at radius 1 is 1.21 bits per heavy atom. The van der Waals surface area contributed by atoms with Gasteiger partial charge in [0.15, 0.2) is 11.2 Å². The lowest BCUT2D eigenvalue weighted by molar-refractivity contribution is 0.533. The van der Waals surface area contributed by atoms with Gasteiger partial charge in [0.2, 0.25) is 5.89 Å². The molecule has 0 saturated carbocycles. The summed E-state index contributed by atoms with van der Waals surface area (Å²) in [6, 6.07) is 8.33. The third kappa shape index (κ3) is 2.11. The quantitative estimate of drug-likeness (QED) is 0.762. The first-order valence-electron chi connectivity index (χ1n) is 6.20. The molecular weight excluding hydrogens is 238 g/mol. The number of benzene rings is 1. The molecule has 0 fully saturated rings. The largest absolute Gasteiger partial charge is 0.438 e. The van der Waals surface area contributed by atoms with E-state index in [0.29, 0.717) is 17.1 Å². The van der Waals surface area contributed by atoms with Gasteiger partial charge in [-0.3, -0.25) is 0 Å². The molecule has 0 amide bonds. The summed E-state index contributed by atoms with van der Waals surface area (Å²) in [6.07, 6.45) is 1.83. The highest BCUT2D eigenvalue weighted by Gasteiger charge is 2.09. The van der Waals surface area contributed by atoms with Crippen LogP contribution in [0.3, 0.4) is 0 Å². The molecule has 0 radical (unpaired) electrons. The monoisotopic (exact) mass is 253 g/mol. The summed E-state index contributed by atoms with van der Waals surface area (Å²) in [5.41, 5.74) is 11.4. The number of pyridine rings is 1. The molecule has 3 aromatic rings. The maximum Gasteiger partial charge on any atom is 0.210 e. The standard InChI is InChI=1S/C15H15N3O/c1-9-3-4-10(2)12(5-9)11-6-13-15(17-8-11)18-14(7-16)19-13/h3-6,8H,7,16H2,1-2H3. The van der Waals surface area contributed by atoms with Crippen molar-refractivity contribution in [2.24, 2.45) is 5.73 Å². The van der Waals surface area contributed by atoms with Crippen molar-refractivity contribution in [2.45, 2.75) is 20.4 Å². The van der Waals surface area contributed by atoms with Crippen LogP contribution in [0, 0.1) is 13.8 Å². The summed E-state index contributed by atoms with van der Waals surface area (Å²) in [5, 5.41) is 0. The van der Waals surface area contributed by atoms with Crippen LogP contribution in [0.25, 0.3) is 22.4 Å². The molecule has 2 aromatic heterocycles. The molecule has 19 heavy (non-hydrogen) atoms. The Morgan fingerprint density at radius 3 is 2.84 bits per heavy atom. The molecular formula is C15H15N3O. The number of fused-ring (bicyclic) bond motifs is 1. The molecule has 0 aliphatic carbocycles. The Bertz CT molecular complexity index is 746. The molecule has 0 aliphatic rings. The number of hydrogen-bond acceptors (Lipinski definition) is 4. The molecule has 96 valence electrons. The zero-order valence-corrected chi connectivity index (χ0v) is 11.0. The maximum atomic E-state index is 5.55. The number of rotatable bonds is 2. The van der Waals surface area contributed by atoms with Crippen molar-refractivity contribution in [3.05, 3.63) is 47.5 Å². The van der Waals surface area contributed by atoms with Crippen molar-refractivity contribution in [2.75, 3.05) is 0 Å². The number of oxazole rings is 1. The van der Waals surface area contributed by atoms with E-state index in [2.05, 4.69) is 42.0 Å². The van der Waals surface area contributed by atoms with Crippen molar-refractivity contribution in [1.29, 1.82) is 0 Å². The molecule has 0 unspecified atom stereocenters. The first kappa shape index (κ1) is 11.9. The summed E-state index contributed by atoms with van der Waals surface area (Å²) < 4.78 is 5.55. The third-order valence-electron chi connectivity index (χ3n) is 3.17. The van der Waals surface area contributed by atoms with E-state index in [1.165, 1.54) is 16.7 Å². The molecule has 4 heteroatoms. The highest BCUT2D eigenvalue weighted by Crippen LogP contribution is 2.26. The first-order valence-corrected chi connectivity index (χ1v) is 6.20. The first-order chi connectivity index (χ1) is 9.17. The number of aromatic nitrogens is 2. The molecule has 1 aromatic carbocycles. The summed E-state index contributed by atoms with van der Waals surface area (Å²) in [5.74, 6) is 0.514. The molecule has 2 N–H and O–H groups in total. The minimum Gasteiger partial charge on any atom is -0.438 e. The van der Waals surface area contributed by atoms with Crippen molar-refractivity contribution in [1.82, 2.24) is 9.97 Å². The van der Waals surface area contributed by atoms with E-state index in [4.69, 9.17) is 10.2 Å².